The highest BCUT2D eigenvalue weighted by molar-refractivity contribution is 5.66. The average molecular weight is 322 g/mol. The summed E-state index contributed by atoms with van der Waals surface area (Å²) >= 11 is 0. The summed E-state index contributed by atoms with van der Waals surface area (Å²) in [6.45, 7) is 6.93. The van der Waals surface area contributed by atoms with Gasteiger partial charge in [-0.3, -0.25) is 5.43 Å². The number of ether oxygens (including phenoxy) is 1. The van der Waals surface area contributed by atoms with Crippen LogP contribution in [0.4, 0.5) is 4.79 Å². The van der Waals surface area contributed by atoms with E-state index in [0.29, 0.717) is 6.61 Å². The Morgan fingerprint density at radius 3 is 1.87 bits per heavy atom. The number of benzene rings is 1. The van der Waals surface area contributed by atoms with Crippen LogP contribution in [0.15, 0.2) is 24.3 Å². The number of unbranched alkanes of at least 4 members (excludes halogenated alkanes) is 7. The van der Waals surface area contributed by atoms with Gasteiger partial charge >= 0.3 is 6.09 Å². The fourth-order valence-electron chi connectivity index (χ4n) is 2.11. The van der Waals surface area contributed by atoms with E-state index >= 15 is 0 Å². The minimum Gasteiger partial charge on any atom is -0.449 e. The molecule has 0 atom stereocenters. The van der Waals surface area contributed by atoms with Gasteiger partial charge in [0.25, 0.3) is 0 Å². The maximum atomic E-state index is 10.6. The first kappa shape index (κ1) is 21.4. The predicted molar refractivity (Wildman–Crippen MR) is 97.2 cm³/mol. The van der Waals surface area contributed by atoms with E-state index < -0.39 is 6.09 Å². The van der Waals surface area contributed by atoms with E-state index in [4.69, 9.17) is 10.6 Å². The van der Waals surface area contributed by atoms with Crippen molar-refractivity contribution < 1.29 is 9.53 Å². The van der Waals surface area contributed by atoms with Gasteiger partial charge in [0.05, 0.1) is 6.61 Å². The third-order valence-corrected chi connectivity index (χ3v) is 3.77. The lowest BCUT2D eigenvalue weighted by Gasteiger charge is -2.03. The molecule has 0 fully saturated rings. The molecule has 1 rings (SSSR count). The molecule has 23 heavy (non-hydrogen) atoms. The van der Waals surface area contributed by atoms with Crippen molar-refractivity contribution in [1.29, 1.82) is 0 Å². The summed E-state index contributed by atoms with van der Waals surface area (Å²) in [5, 5.41) is 0. The highest BCUT2D eigenvalue weighted by Crippen LogP contribution is 2.08. The predicted octanol–water partition coefficient (Wildman–Crippen LogP) is 5.03. The zero-order valence-corrected chi connectivity index (χ0v) is 15.1. The van der Waals surface area contributed by atoms with E-state index in [1.54, 1.807) is 0 Å². The van der Waals surface area contributed by atoms with Crippen molar-refractivity contribution in [3.63, 3.8) is 0 Å². The van der Waals surface area contributed by atoms with Crippen molar-refractivity contribution >= 4 is 6.09 Å². The largest absolute Gasteiger partial charge is 0.449 e. The van der Waals surface area contributed by atoms with Gasteiger partial charge in [0.15, 0.2) is 0 Å². The van der Waals surface area contributed by atoms with Gasteiger partial charge in [-0.1, -0.05) is 76.1 Å². The molecule has 1 aromatic carbocycles. The smallest absolute Gasteiger partial charge is 0.421 e. The molecular weight excluding hydrogens is 288 g/mol. The molecule has 0 aliphatic rings. The maximum Gasteiger partial charge on any atom is 0.421 e. The van der Waals surface area contributed by atoms with Gasteiger partial charge in [0.2, 0.25) is 0 Å². The molecule has 0 saturated carbocycles. The topological polar surface area (TPSA) is 64.3 Å². The normalized spacial score (nSPS) is 9.74. The number of carbonyl (C=O) groups is 1. The van der Waals surface area contributed by atoms with Gasteiger partial charge in [0.1, 0.15) is 0 Å². The Balaban J connectivity index is 0.000000502. The fourth-order valence-corrected chi connectivity index (χ4v) is 2.11. The van der Waals surface area contributed by atoms with Crippen LogP contribution in [0.2, 0.25) is 0 Å². The monoisotopic (exact) mass is 322 g/mol. The summed E-state index contributed by atoms with van der Waals surface area (Å²) in [5.41, 5.74) is 4.67. The van der Waals surface area contributed by atoms with Crippen LogP contribution in [0.5, 0.6) is 0 Å². The number of rotatable bonds is 9. The van der Waals surface area contributed by atoms with Gasteiger partial charge in [-0.15, -0.1) is 0 Å². The Kier molecular flexibility index (Phi) is 14.3. The number of nitrogens with one attached hydrogen (secondary N) is 1. The van der Waals surface area contributed by atoms with Crippen molar-refractivity contribution in [2.45, 2.75) is 72.1 Å². The van der Waals surface area contributed by atoms with Crippen molar-refractivity contribution in [1.82, 2.24) is 5.43 Å². The lowest BCUT2D eigenvalue weighted by Crippen LogP contribution is -2.30. The van der Waals surface area contributed by atoms with Crippen molar-refractivity contribution in [3.05, 3.63) is 35.4 Å². The zero-order chi connectivity index (χ0) is 17.3. The fraction of sp³-hybridized carbons (Fsp3) is 0.632. The molecule has 0 aromatic heterocycles. The van der Waals surface area contributed by atoms with E-state index in [1.165, 1.54) is 49.7 Å². The number of nitrogens with two attached hydrogens (primary N) is 1. The molecule has 0 radical (unpaired) electrons. The van der Waals surface area contributed by atoms with E-state index in [0.717, 1.165) is 12.8 Å². The van der Waals surface area contributed by atoms with Crippen LogP contribution in [-0.2, 0) is 4.74 Å². The molecule has 0 spiro atoms. The van der Waals surface area contributed by atoms with Crippen LogP contribution in [-0.4, -0.2) is 12.7 Å². The highest BCUT2D eigenvalue weighted by atomic mass is 16.5. The highest BCUT2D eigenvalue weighted by Gasteiger charge is 1.96. The second kappa shape index (κ2) is 15.3. The molecule has 0 unspecified atom stereocenters. The molecular formula is C19H34N2O2. The Hall–Kier alpha value is -1.55. The number of hydrazine groups is 1. The van der Waals surface area contributed by atoms with Crippen LogP contribution in [0.3, 0.4) is 0 Å². The van der Waals surface area contributed by atoms with Gasteiger partial charge in [-0.2, -0.15) is 0 Å². The van der Waals surface area contributed by atoms with Crippen molar-refractivity contribution in [3.8, 4) is 0 Å². The number of hydrogen-bond donors (Lipinski definition) is 2. The molecule has 132 valence electrons. The first-order valence-corrected chi connectivity index (χ1v) is 8.77. The Morgan fingerprint density at radius 2 is 1.43 bits per heavy atom. The quantitative estimate of drug-likeness (QED) is 0.290. The molecule has 0 aliphatic heterocycles. The summed E-state index contributed by atoms with van der Waals surface area (Å²) in [6.07, 6.45) is 9.37. The van der Waals surface area contributed by atoms with Gasteiger partial charge < -0.3 is 4.74 Å². The summed E-state index contributed by atoms with van der Waals surface area (Å²) in [5.74, 6) is 4.86. The van der Waals surface area contributed by atoms with E-state index in [1.807, 2.05) is 5.43 Å². The van der Waals surface area contributed by atoms with Gasteiger partial charge in [-0.25, -0.2) is 10.6 Å². The van der Waals surface area contributed by atoms with Crippen LogP contribution in [0.1, 0.15) is 69.4 Å². The lowest BCUT2D eigenvalue weighted by molar-refractivity contribution is 0.144. The number of aryl methyl sites for hydroxylation is 2. The third-order valence-electron chi connectivity index (χ3n) is 3.77. The Labute approximate surface area is 141 Å². The van der Waals surface area contributed by atoms with Gasteiger partial charge in [-0.05, 0) is 31.4 Å². The molecule has 3 N–H and O–H groups in total. The summed E-state index contributed by atoms with van der Waals surface area (Å²) in [4.78, 5) is 10.6. The number of carbonyl (C=O) groups excluding carboxylic acids is 1. The molecule has 0 bridgehead atoms. The first-order chi connectivity index (χ1) is 11.1. The summed E-state index contributed by atoms with van der Waals surface area (Å²) in [7, 11) is 0. The average Bonchev–Trinajstić information content (AvgIpc) is 2.56. The second-order valence-electron chi connectivity index (χ2n) is 5.84. The standard InChI is InChI=1S/C11H24N2O2.C8H10/c1-2-3-4-5-6-7-8-9-10-15-11(14)13-12;1-7-5-3-4-6-8(7)2/h2-10,12H2,1H3,(H,13,14);3-6H,1-2H3. The second-order valence-corrected chi connectivity index (χ2v) is 5.84. The van der Waals surface area contributed by atoms with E-state index in [9.17, 15) is 4.79 Å². The lowest BCUT2D eigenvalue weighted by atomic mass is 10.1. The van der Waals surface area contributed by atoms with Crippen molar-refractivity contribution in [2.24, 2.45) is 5.84 Å². The molecule has 0 aliphatic carbocycles. The number of hydrogen-bond acceptors (Lipinski definition) is 3. The Bertz CT molecular complexity index is 387. The minimum absolute atomic E-state index is 0.470. The first-order valence-electron chi connectivity index (χ1n) is 8.77. The summed E-state index contributed by atoms with van der Waals surface area (Å²) < 4.78 is 4.76. The number of amides is 1. The van der Waals surface area contributed by atoms with E-state index in [2.05, 4.69) is 45.0 Å². The summed E-state index contributed by atoms with van der Waals surface area (Å²) in [6, 6.07) is 8.36. The zero-order valence-electron chi connectivity index (χ0n) is 15.1. The van der Waals surface area contributed by atoms with Crippen LogP contribution < -0.4 is 11.3 Å². The molecule has 4 heteroatoms. The molecule has 0 heterocycles. The van der Waals surface area contributed by atoms with Crippen molar-refractivity contribution in [2.75, 3.05) is 6.61 Å². The molecule has 4 nitrogen and oxygen atoms in total. The molecule has 0 saturated heterocycles. The maximum absolute atomic E-state index is 10.6. The Morgan fingerprint density at radius 1 is 0.957 bits per heavy atom. The van der Waals surface area contributed by atoms with Crippen LogP contribution in [0, 0.1) is 13.8 Å². The third kappa shape index (κ3) is 13.8. The van der Waals surface area contributed by atoms with E-state index in [-0.39, 0.29) is 0 Å². The van der Waals surface area contributed by atoms with Crippen LogP contribution >= 0.6 is 0 Å². The minimum atomic E-state index is -0.544. The van der Waals surface area contributed by atoms with Gasteiger partial charge in [0, 0.05) is 0 Å². The SMILES string of the molecule is CCCCCCCCCCOC(=O)NN.Cc1ccccc1C. The molecule has 1 amide bonds. The molecule has 1 aromatic rings. The van der Waals surface area contributed by atoms with Crippen LogP contribution in [0.25, 0.3) is 0 Å².